The molecule has 120 valence electrons. The summed E-state index contributed by atoms with van der Waals surface area (Å²) >= 11 is 2.99. The van der Waals surface area contributed by atoms with Gasteiger partial charge in [0.25, 0.3) is 5.19 Å². The third kappa shape index (κ3) is 3.92. The molecule has 2 aromatic rings. The summed E-state index contributed by atoms with van der Waals surface area (Å²) in [5, 5.41) is 12.6. The zero-order valence-electron chi connectivity index (χ0n) is 12.8. The van der Waals surface area contributed by atoms with Crippen LogP contribution in [-0.2, 0) is 0 Å². The van der Waals surface area contributed by atoms with E-state index in [1.165, 1.54) is 23.1 Å². The maximum atomic E-state index is 9.31. The molecule has 1 unspecified atom stereocenters. The molecule has 0 amide bonds. The number of aromatic nitrogens is 3. The van der Waals surface area contributed by atoms with Gasteiger partial charge in [-0.05, 0) is 19.1 Å². The summed E-state index contributed by atoms with van der Waals surface area (Å²) < 4.78 is 5.75. The van der Waals surface area contributed by atoms with E-state index >= 15 is 0 Å². The molecule has 0 radical (unpaired) electrons. The second-order valence-electron chi connectivity index (χ2n) is 5.27. The largest absolute Gasteiger partial charge is 0.470 e. The van der Waals surface area contributed by atoms with Gasteiger partial charge in [0, 0.05) is 30.6 Å². The van der Waals surface area contributed by atoms with Gasteiger partial charge < -0.3 is 9.64 Å². The van der Waals surface area contributed by atoms with Crippen LogP contribution in [0.25, 0.3) is 0 Å². The molecule has 0 N–H and O–H groups in total. The van der Waals surface area contributed by atoms with Gasteiger partial charge in [0.15, 0.2) is 11.0 Å². The van der Waals surface area contributed by atoms with Crippen molar-refractivity contribution in [3.63, 3.8) is 0 Å². The summed E-state index contributed by atoms with van der Waals surface area (Å²) in [5.41, 5.74) is 0.532. The monoisotopic (exact) mass is 347 g/mol. The summed E-state index contributed by atoms with van der Waals surface area (Å²) in [6.07, 6.45) is 7.48. The van der Waals surface area contributed by atoms with Gasteiger partial charge >= 0.3 is 0 Å². The summed E-state index contributed by atoms with van der Waals surface area (Å²) in [4.78, 5) is 15.0. The Kier molecular flexibility index (Phi) is 5.31. The highest BCUT2D eigenvalue weighted by Gasteiger charge is 2.24. The van der Waals surface area contributed by atoms with Gasteiger partial charge in [-0.25, -0.2) is 15.0 Å². The maximum absolute atomic E-state index is 9.31. The highest BCUT2D eigenvalue weighted by molar-refractivity contribution is 7.98. The van der Waals surface area contributed by atoms with E-state index in [4.69, 9.17) is 4.74 Å². The fourth-order valence-corrected chi connectivity index (χ4v) is 3.47. The van der Waals surface area contributed by atoms with Crippen molar-refractivity contribution in [3.8, 4) is 11.3 Å². The van der Waals surface area contributed by atoms with Crippen LogP contribution in [0.2, 0.25) is 0 Å². The number of rotatable bonds is 5. The van der Waals surface area contributed by atoms with E-state index in [9.17, 15) is 5.26 Å². The van der Waals surface area contributed by atoms with E-state index in [1.54, 1.807) is 12.4 Å². The van der Waals surface area contributed by atoms with Crippen LogP contribution in [0.3, 0.4) is 0 Å². The van der Waals surface area contributed by atoms with Gasteiger partial charge in [0.05, 0.1) is 12.8 Å². The van der Waals surface area contributed by atoms with Crippen LogP contribution in [0.15, 0.2) is 22.9 Å². The molecule has 8 heteroatoms. The average Bonchev–Trinajstić information content (AvgIpc) is 3.13. The summed E-state index contributed by atoms with van der Waals surface area (Å²) in [6, 6.07) is 2.20. The molecule has 1 fully saturated rings. The Balaban J connectivity index is 1.69. The topological polar surface area (TPSA) is 74.9 Å². The lowest BCUT2D eigenvalue weighted by Gasteiger charge is -2.33. The fraction of sp³-hybridized carbons (Fsp3) is 0.467. The SMILES string of the molecule is CSc1ncc(C#N)c(N2CCCC(COc3nccs3)C2)n1. The first-order chi connectivity index (χ1) is 11.3. The number of piperidine rings is 1. The minimum absolute atomic E-state index is 0.409. The van der Waals surface area contributed by atoms with Crippen LogP contribution in [0.4, 0.5) is 5.82 Å². The molecule has 23 heavy (non-hydrogen) atoms. The number of hydrogen-bond acceptors (Lipinski definition) is 8. The molecule has 0 aliphatic carbocycles. The number of anilines is 1. The van der Waals surface area contributed by atoms with Gasteiger partial charge in [-0.1, -0.05) is 23.1 Å². The van der Waals surface area contributed by atoms with E-state index < -0.39 is 0 Å². The zero-order valence-corrected chi connectivity index (χ0v) is 14.4. The van der Waals surface area contributed by atoms with Gasteiger partial charge in [0.2, 0.25) is 0 Å². The summed E-state index contributed by atoms with van der Waals surface area (Å²) in [5.74, 6) is 1.15. The third-order valence-electron chi connectivity index (χ3n) is 3.72. The average molecular weight is 347 g/mol. The van der Waals surface area contributed by atoms with Crippen molar-refractivity contribution in [2.75, 3.05) is 30.9 Å². The molecule has 1 aliphatic heterocycles. The molecule has 0 aromatic carbocycles. The van der Waals surface area contributed by atoms with Crippen molar-refractivity contribution in [1.82, 2.24) is 15.0 Å². The first-order valence-corrected chi connectivity index (χ1v) is 9.49. The van der Waals surface area contributed by atoms with E-state index in [1.807, 2.05) is 11.6 Å². The van der Waals surface area contributed by atoms with Crippen LogP contribution >= 0.6 is 23.1 Å². The lowest BCUT2D eigenvalue weighted by Crippen LogP contribution is -2.38. The predicted molar refractivity (Wildman–Crippen MR) is 91.1 cm³/mol. The molecule has 0 spiro atoms. The van der Waals surface area contributed by atoms with Crippen molar-refractivity contribution in [2.24, 2.45) is 5.92 Å². The molecule has 3 heterocycles. The summed E-state index contributed by atoms with van der Waals surface area (Å²) in [6.45, 7) is 2.39. The van der Waals surface area contributed by atoms with Gasteiger partial charge in [0.1, 0.15) is 11.6 Å². The van der Waals surface area contributed by atoms with Crippen molar-refractivity contribution >= 4 is 28.9 Å². The Morgan fingerprint density at radius 3 is 3.17 bits per heavy atom. The van der Waals surface area contributed by atoms with E-state index in [0.717, 1.165) is 31.7 Å². The molecular formula is C15H17N5OS2. The molecule has 1 saturated heterocycles. The van der Waals surface area contributed by atoms with E-state index in [2.05, 4.69) is 25.9 Å². The standard InChI is InChI=1S/C15H17N5OS2/c1-22-14-18-8-12(7-16)13(19-14)20-5-2-3-11(9-20)10-21-15-17-4-6-23-15/h4,6,8,11H,2-3,5,9-10H2,1H3. The molecule has 6 nitrogen and oxygen atoms in total. The van der Waals surface area contributed by atoms with E-state index in [0.29, 0.717) is 28.4 Å². The van der Waals surface area contributed by atoms with Crippen molar-refractivity contribution in [1.29, 1.82) is 5.26 Å². The third-order valence-corrected chi connectivity index (χ3v) is 4.96. The summed E-state index contributed by atoms with van der Waals surface area (Å²) in [7, 11) is 0. The quantitative estimate of drug-likeness (QED) is 0.608. The molecule has 1 atom stereocenters. The first kappa shape index (κ1) is 16.0. The van der Waals surface area contributed by atoms with Gasteiger partial charge in [-0.3, -0.25) is 0 Å². The first-order valence-electron chi connectivity index (χ1n) is 7.38. The number of thioether (sulfide) groups is 1. The van der Waals surface area contributed by atoms with Crippen molar-refractivity contribution in [2.45, 2.75) is 18.0 Å². The van der Waals surface area contributed by atoms with Crippen molar-refractivity contribution in [3.05, 3.63) is 23.3 Å². The zero-order chi connectivity index (χ0) is 16.1. The van der Waals surface area contributed by atoms with Crippen LogP contribution in [0.5, 0.6) is 5.19 Å². The number of nitriles is 1. The van der Waals surface area contributed by atoms with Crippen LogP contribution < -0.4 is 9.64 Å². The molecular weight excluding hydrogens is 330 g/mol. The fourth-order valence-electron chi connectivity index (χ4n) is 2.64. The smallest absolute Gasteiger partial charge is 0.273 e. The maximum Gasteiger partial charge on any atom is 0.273 e. The van der Waals surface area contributed by atoms with Crippen LogP contribution in [0, 0.1) is 17.2 Å². The predicted octanol–water partition coefficient (Wildman–Crippen LogP) is 2.82. The Morgan fingerprint density at radius 1 is 1.52 bits per heavy atom. The number of thiazole rings is 1. The second-order valence-corrected chi connectivity index (χ2v) is 6.90. The second kappa shape index (κ2) is 7.62. The van der Waals surface area contributed by atoms with Gasteiger partial charge in [-0.2, -0.15) is 5.26 Å². The Labute approximate surface area is 143 Å². The van der Waals surface area contributed by atoms with Crippen LogP contribution in [0.1, 0.15) is 18.4 Å². The Hall–Kier alpha value is -1.85. The highest BCUT2D eigenvalue weighted by Crippen LogP contribution is 2.26. The van der Waals surface area contributed by atoms with Crippen LogP contribution in [-0.4, -0.2) is 40.9 Å². The normalized spacial score (nSPS) is 17.7. The number of ether oxygens (including phenoxy) is 1. The molecule has 0 bridgehead atoms. The minimum atomic E-state index is 0.409. The Bertz CT molecular complexity index is 686. The molecule has 2 aromatic heterocycles. The van der Waals surface area contributed by atoms with Crippen molar-refractivity contribution < 1.29 is 4.74 Å². The molecule has 1 aliphatic rings. The molecule has 0 saturated carbocycles. The number of hydrogen-bond donors (Lipinski definition) is 0. The Morgan fingerprint density at radius 2 is 2.43 bits per heavy atom. The highest BCUT2D eigenvalue weighted by atomic mass is 32.2. The lowest BCUT2D eigenvalue weighted by molar-refractivity contribution is 0.227. The molecule has 3 rings (SSSR count). The van der Waals surface area contributed by atoms with Gasteiger partial charge in [-0.15, -0.1) is 0 Å². The van der Waals surface area contributed by atoms with E-state index in [-0.39, 0.29) is 0 Å². The minimum Gasteiger partial charge on any atom is -0.470 e. The number of nitrogens with zero attached hydrogens (tertiary/aromatic N) is 5. The lowest BCUT2D eigenvalue weighted by atomic mass is 9.99.